The summed E-state index contributed by atoms with van der Waals surface area (Å²) in [5, 5.41) is 14.5. The van der Waals surface area contributed by atoms with Crippen molar-refractivity contribution in [1.82, 2.24) is 14.9 Å². The van der Waals surface area contributed by atoms with Gasteiger partial charge >= 0.3 is 11.8 Å². The number of rotatable bonds is 14. The number of aromatic hydroxyl groups is 1. The number of ether oxygens (including phenoxy) is 3. The Labute approximate surface area is 318 Å². The molecule has 17 heteroatoms. The molecule has 2 aliphatic rings. The summed E-state index contributed by atoms with van der Waals surface area (Å²) in [6, 6.07) is 14.0. The summed E-state index contributed by atoms with van der Waals surface area (Å²) < 4.78 is 31.2. The van der Waals surface area contributed by atoms with E-state index in [0.29, 0.717) is 0 Å². The van der Waals surface area contributed by atoms with Crippen molar-refractivity contribution >= 4 is 34.2 Å². The third kappa shape index (κ3) is 9.70. The van der Waals surface area contributed by atoms with E-state index in [4.69, 9.17) is 38.0 Å². The molecule has 3 aromatic rings. The average Bonchev–Trinajstić information content (AvgIpc) is 3.49. The molecule has 2 aliphatic heterocycles. The van der Waals surface area contributed by atoms with Crippen molar-refractivity contribution in [2.75, 3.05) is 24.8 Å². The van der Waals surface area contributed by atoms with Gasteiger partial charge in [0.25, 0.3) is 0 Å². The molecule has 0 aliphatic carbocycles. The van der Waals surface area contributed by atoms with E-state index in [2.05, 4.69) is 78.0 Å². The number of anilines is 2. The van der Waals surface area contributed by atoms with E-state index < -0.39 is 46.9 Å². The van der Waals surface area contributed by atoms with Crippen molar-refractivity contribution in [1.29, 1.82) is 0 Å². The van der Waals surface area contributed by atoms with Gasteiger partial charge in [0.05, 0.1) is 12.8 Å². The lowest BCUT2D eigenvalue weighted by atomic mass is 10.2. The van der Waals surface area contributed by atoms with Crippen LogP contribution in [0, 0.1) is 0 Å². The summed E-state index contributed by atoms with van der Waals surface area (Å²) in [5.74, 6) is 0.271. The van der Waals surface area contributed by atoms with E-state index in [9.17, 15) is 14.7 Å². The van der Waals surface area contributed by atoms with Crippen molar-refractivity contribution < 1.29 is 47.9 Å². The summed E-state index contributed by atoms with van der Waals surface area (Å²) in [6.45, 7) is 21.2. The first-order valence-corrected chi connectivity index (χ1v) is 23.9. The minimum absolute atomic E-state index is 0.00612. The summed E-state index contributed by atoms with van der Waals surface area (Å²) in [5.41, 5.74) is 0.330. The second kappa shape index (κ2) is 16.5. The fraction of sp³-hybridized carbons (Fsp3) is 0.541. The monoisotopic (exact) mass is 786 g/mol. The predicted molar refractivity (Wildman–Crippen MR) is 205 cm³/mol. The van der Waals surface area contributed by atoms with Crippen LogP contribution in [0.25, 0.3) is 0 Å². The molecule has 5 rings (SSSR count). The molecule has 296 valence electrons. The predicted octanol–water partition coefficient (Wildman–Crippen LogP) is 7.61. The number of hydrogen-bond acceptors (Lipinski definition) is 13. The molecule has 0 unspecified atom stereocenters. The molecule has 1 aromatic heterocycles. The maximum absolute atomic E-state index is 13.7. The van der Waals surface area contributed by atoms with Gasteiger partial charge in [0.2, 0.25) is 22.5 Å². The molecule has 0 saturated carbocycles. The van der Waals surface area contributed by atoms with Crippen LogP contribution in [0.15, 0.2) is 59.5 Å². The Kier molecular flexibility index (Phi) is 12.6. The van der Waals surface area contributed by atoms with Crippen LogP contribution >= 0.6 is 0 Å². The summed E-state index contributed by atoms with van der Waals surface area (Å²) in [6.07, 6.45) is -0.957. The molecule has 0 radical (unpaired) electrons. The van der Waals surface area contributed by atoms with E-state index in [1.807, 2.05) is 30.3 Å². The zero-order valence-electron chi connectivity index (χ0n) is 32.8. The average molecular weight is 787 g/mol. The molecule has 1 fully saturated rings. The number of amides is 1. The van der Waals surface area contributed by atoms with Crippen LogP contribution in [0.2, 0.25) is 36.3 Å². The smallest absolute Gasteiger partial charge is 0.407 e. The Hall–Kier alpha value is -3.82. The second-order valence-electron chi connectivity index (χ2n) is 16.4. The molecule has 1 amide bonds. The van der Waals surface area contributed by atoms with Crippen LogP contribution in [0.1, 0.15) is 59.8 Å². The van der Waals surface area contributed by atoms with Gasteiger partial charge in [0.1, 0.15) is 37.4 Å². The SMILES string of the molecule is CC(C)(C)[Si](C)(C)OOC[C@H]1O[C@@H](n2cc3c(nc2=O)N(OCCNC(=O)OCc2ccccc2)c2c(O)cccc2O3)C[C@@H]1OO[Si](C)(C)C(C)(C)C. The first-order valence-electron chi connectivity index (χ1n) is 18.1. The van der Waals surface area contributed by atoms with Crippen LogP contribution in [-0.4, -0.2) is 69.4 Å². The van der Waals surface area contributed by atoms with Crippen LogP contribution in [-0.2, 0) is 39.8 Å². The Morgan fingerprint density at radius 1 is 0.963 bits per heavy atom. The molecule has 0 bridgehead atoms. The minimum Gasteiger partial charge on any atom is -0.506 e. The molecular formula is C37H54N4O11Si2. The molecule has 54 heavy (non-hydrogen) atoms. The number of nitrogens with one attached hydrogen (secondary N) is 1. The van der Waals surface area contributed by atoms with Gasteiger partial charge in [-0.1, -0.05) is 77.9 Å². The minimum atomic E-state index is -2.32. The number of carbonyl (C=O) groups is 1. The number of benzene rings is 2. The fourth-order valence-corrected chi connectivity index (χ4v) is 6.11. The molecular weight excluding hydrogens is 733 g/mol. The maximum atomic E-state index is 13.7. The highest BCUT2D eigenvalue weighted by atomic mass is 28.4. The van der Waals surface area contributed by atoms with Crippen molar-refractivity contribution in [2.45, 2.75) is 109 Å². The largest absolute Gasteiger partial charge is 0.506 e. The van der Waals surface area contributed by atoms with Crippen LogP contribution in [0.3, 0.4) is 0 Å². The lowest BCUT2D eigenvalue weighted by Crippen LogP contribution is -2.44. The Morgan fingerprint density at radius 3 is 2.33 bits per heavy atom. The Morgan fingerprint density at radius 2 is 1.65 bits per heavy atom. The van der Waals surface area contributed by atoms with Gasteiger partial charge in [-0.2, -0.15) is 10.0 Å². The van der Waals surface area contributed by atoms with Crippen LogP contribution in [0.4, 0.5) is 16.3 Å². The van der Waals surface area contributed by atoms with Crippen molar-refractivity contribution in [2.24, 2.45) is 0 Å². The maximum Gasteiger partial charge on any atom is 0.407 e. The van der Waals surface area contributed by atoms with E-state index in [0.717, 1.165) is 5.56 Å². The quantitative estimate of drug-likeness (QED) is 0.0712. The Balaban J connectivity index is 1.32. The van der Waals surface area contributed by atoms with Gasteiger partial charge in [-0.3, -0.25) is 18.6 Å². The zero-order valence-corrected chi connectivity index (χ0v) is 34.8. The third-order valence-electron chi connectivity index (χ3n) is 10.3. The molecule has 2 aromatic carbocycles. The van der Waals surface area contributed by atoms with E-state index in [1.165, 1.54) is 21.9 Å². The standard InChI is InChI=1S/C37H54N4O11Si2/c1-36(2,3)53(7,8)51-47-24-30-28(50-52-54(9,10)37(4,5)6)21-31(49-30)40-22-29-33(39-34(40)43)41(32-26(42)17-14-18-27(32)48-29)46-20-19-38-35(44)45-23-25-15-12-11-13-16-25/h11-18,22,28,30-31,42H,19-21,23-24H2,1-10H3,(H,38,44)/t28-,30+,31+/m0/s1. The van der Waals surface area contributed by atoms with Crippen molar-refractivity contribution in [3.05, 3.63) is 70.8 Å². The topological polar surface area (TPSA) is 161 Å². The van der Waals surface area contributed by atoms with Gasteiger partial charge in [0.15, 0.2) is 17.2 Å². The highest BCUT2D eigenvalue weighted by Gasteiger charge is 2.45. The number of carbonyl (C=O) groups excluding carboxylic acids is 1. The van der Waals surface area contributed by atoms with Gasteiger partial charge < -0.3 is 24.6 Å². The number of fused-ring (bicyclic) bond motifs is 2. The normalized spacial score (nSPS) is 18.9. The lowest BCUT2D eigenvalue weighted by molar-refractivity contribution is -0.290. The number of para-hydroxylation sites is 1. The van der Waals surface area contributed by atoms with Crippen LogP contribution in [0.5, 0.6) is 17.2 Å². The number of phenols is 1. The Bertz CT molecular complexity index is 1810. The van der Waals surface area contributed by atoms with Gasteiger partial charge in [-0.05, 0) is 54.0 Å². The summed E-state index contributed by atoms with van der Waals surface area (Å²) in [7, 11) is -4.56. The molecule has 3 heterocycles. The highest BCUT2D eigenvalue weighted by molar-refractivity contribution is 6.74. The zero-order chi connectivity index (χ0) is 39.5. The lowest BCUT2D eigenvalue weighted by Gasteiger charge is -2.36. The van der Waals surface area contributed by atoms with Crippen molar-refractivity contribution in [3.8, 4) is 17.2 Å². The van der Waals surface area contributed by atoms with Gasteiger partial charge in [-0.25, -0.2) is 19.4 Å². The molecule has 15 nitrogen and oxygen atoms in total. The van der Waals surface area contributed by atoms with Gasteiger partial charge in [-0.15, -0.1) is 0 Å². The van der Waals surface area contributed by atoms with E-state index in [1.54, 1.807) is 12.1 Å². The molecule has 1 saturated heterocycles. The first-order chi connectivity index (χ1) is 25.3. The van der Waals surface area contributed by atoms with Crippen LogP contribution < -0.4 is 20.8 Å². The summed E-state index contributed by atoms with van der Waals surface area (Å²) >= 11 is 0. The number of nitrogens with zero attached hydrogens (tertiary/aromatic N) is 3. The number of aromatic nitrogens is 2. The van der Waals surface area contributed by atoms with Crippen molar-refractivity contribution in [3.63, 3.8) is 0 Å². The second-order valence-corrected chi connectivity index (χ2v) is 25.8. The highest BCUT2D eigenvalue weighted by Crippen LogP contribution is 2.49. The number of phenolic OH excluding ortho intramolecular Hbond substituents is 1. The van der Waals surface area contributed by atoms with E-state index >= 15 is 0 Å². The molecule has 2 N–H and O–H groups in total. The molecule has 3 atom stereocenters. The number of alkyl carbamates (subject to hydrolysis) is 1. The van der Waals surface area contributed by atoms with Gasteiger partial charge in [0, 0.05) is 13.0 Å². The summed E-state index contributed by atoms with van der Waals surface area (Å²) in [4.78, 5) is 48.2. The molecule has 0 spiro atoms. The fourth-order valence-electron chi connectivity index (χ4n) is 4.88. The third-order valence-corrected chi connectivity index (χ3v) is 18.6. The van der Waals surface area contributed by atoms with E-state index in [-0.39, 0.29) is 71.6 Å². The first kappa shape index (κ1) is 41.3. The number of hydrogen-bond donors (Lipinski definition) is 2.